The zero-order chi connectivity index (χ0) is 24.7. The summed E-state index contributed by atoms with van der Waals surface area (Å²) in [6.45, 7) is 11.5. The van der Waals surface area contributed by atoms with Crippen molar-refractivity contribution < 1.29 is 28.6 Å². The first kappa shape index (κ1) is 26.8. The monoisotopic (exact) mass is 472 g/mol. The van der Waals surface area contributed by atoms with Gasteiger partial charge in [-0.1, -0.05) is 81.4 Å². The summed E-state index contributed by atoms with van der Waals surface area (Å²) >= 11 is 0. The molecule has 1 N–H and O–H groups in total. The number of carboxylic acids is 1. The van der Waals surface area contributed by atoms with Gasteiger partial charge in [0.05, 0.1) is 0 Å². The van der Waals surface area contributed by atoms with Gasteiger partial charge in [0.1, 0.15) is 12.2 Å². The maximum atomic E-state index is 12.0. The summed E-state index contributed by atoms with van der Waals surface area (Å²) in [5, 5.41) is 11.6. The molecule has 0 aliphatic rings. The maximum Gasteiger partial charge on any atom is 0.332 e. The van der Waals surface area contributed by atoms with Gasteiger partial charge in [-0.2, -0.15) is 0 Å². The first-order valence-electron chi connectivity index (χ1n) is 11.2. The molecule has 6 nitrogen and oxygen atoms in total. The average Bonchev–Trinajstić information content (AvgIpc) is 2.72. The van der Waals surface area contributed by atoms with Crippen molar-refractivity contribution in [2.24, 2.45) is 0 Å². The zero-order valence-electron chi connectivity index (χ0n) is 20.5. The first-order valence-corrected chi connectivity index (χ1v) is 13.1. The van der Waals surface area contributed by atoms with Gasteiger partial charge in [-0.15, -0.1) is 0 Å². The molecule has 33 heavy (non-hydrogen) atoms. The summed E-state index contributed by atoms with van der Waals surface area (Å²) in [5.74, 6) is -1.73. The Labute approximate surface area is 198 Å². The number of rotatable bonds is 10. The molecule has 0 aliphatic carbocycles. The Morgan fingerprint density at radius 2 is 1.36 bits per heavy atom. The third-order valence-electron chi connectivity index (χ3n) is 5.21. The minimum atomic E-state index is -2.77. The van der Waals surface area contributed by atoms with Crippen LogP contribution in [-0.4, -0.2) is 50.3 Å². The van der Waals surface area contributed by atoms with E-state index in [0.717, 1.165) is 10.4 Å². The van der Waals surface area contributed by atoms with Crippen LogP contribution in [-0.2, 0) is 23.5 Å². The Bertz CT molecular complexity index is 860. The molecule has 0 aromatic heterocycles. The quantitative estimate of drug-likeness (QED) is 0.419. The van der Waals surface area contributed by atoms with E-state index in [1.807, 2.05) is 36.4 Å². The second-order valence-corrected chi connectivity index (χ2v) is 14.3. The molecule has 0 radical (unpaired) electrons. The van der Waals surface area contributed by atoms with Gasteiger partial charge in [-0.3, -0.25) is 0 Å². The number of esters is 1. The molecule has 1 atom stereocenters. The van der Waals surface area contributed by atoms with Crippen molar-refractivity contribution in [3.8, 4) is 0 Å². The Kier molecular flexibility index (Phi) is 9.00. The minimum Gasteiger partial charge on any atom is -0.479 e. The fraction of sp³-hybridized carbons (Fsp3) is 0.462. The number of carbonyl (C=O) groups excluding carboxylic acids is 1. The van der Waals surface area contributed by atoms with E-state index in [-0.39, 0.29) is 18.1 Å². The van der Waals surface area contributed by atoms with Crippen molar-refractivity contribution in [3.63, 3.8) is 0 Å². The topological polar surface area (TPSA) is 82.1 Å². The Morgan fingerprint density at radius 3 is 1.76 bits per heavy atom. The van der Waals surface area contributed by atoms with E-state index in [2.05, 4.69) is 45.0 Å². The number of hydrogen-bond acceptors (Lipinski definition) is 5. The fourth-order valence-corrected chi connectivity index (χ4v) is 8.48. The highest BCUT2D eigenvalue weighted by Gasteiger charge is 2.50. The van der Waals surface area contributed by atoms with Crippen LogP contribution in [0.2, 0.25) is 5.04 Å². The Balaban J connectivity index is 2.23. The molecular weight excluding hydrogens is 436 g/mol. The molecule has 0 bridgehead atoms. The minimum absolute atomic E-state index is 0.114. The van der Waals surface area contributed by atoms with Gasteiger partial charge >= 0.3 is 11.9 Å². The molecule has 2 aromatic carbocycles. The van der Waals surface area contributed by atoms with E-state index < -0.39 is 38.6 Å². The van der Waals surface area contributed by atoms with Crippen LogP contribution in [0.3, 0.4) is 0 Å². The van der Waals surface area contributed by atoms with Crippen molar-refractivity contribution in [3.05, 3.63) is 60.7 Å². The lowest BCUT2D eigenvalue weighted by molar-refractivity contribution is -0.167. The van der Waals surface area contributed by atoms with Gasteiger partial charge < -0.3 is 19.0 Å². The van der Waals surface area contributed by atoms with Crippen molar-refractivity contribution in [2.75, 3.05) is 13.2 Å². The lowest BCUT2D eigenvalue weighted by atomic mass is 10.2. The third kappa shape index (κ3) is 7.25. The second kappa shape index (κ2) is 11.1. The third-order valence-corrected chi connectivity index (χ3v) is 10.3. The molecule has 2 rings (SSSR count). The summed E-state index contributed by atoms with van der Waals surface area (Å²) in [6.07, 6.45) is -1.06. The molecule has 1 unspecified atom stereocenters. The fourth-order valence-electron chi connectivity index (χ4n) is 3.90. The van der Waals surface area contributed by atoms with Gasteiger partial charge in [0.15, 0.2) is 6.10 Å². The molecule has 180 valence electrons. The van der Waals surface area contributed by atoms with Crippen LogP contribution >= 0.6 is 0 Å². The molecule has 2 aromatic rings. The molecule has 0 heterocycles. The van der Waals surface area contributed by atoms with Crippen molar-refractivity contribution >= 4 is 30.6 Å². The lowest BCUT2D eigenvalue weighted by Gasteiger charge is -2.43. The molecule has 0 aliphatic heterocycles. The summed E-state index contributed by atoms with van der Waals surface area (Å²) in [5.41, 5.74) is -0.661. The number of ether oxygens (including phenoxy) is 2. The van der Waals surface area contributed by atoms with Gasteiger partial charge in [-0.25, -0.2) is 9.59 Å². The van der Waals surface area contributed by atoms with Crippen LogP contribution in [0.4, 0.5) is 0 Å². The highest BCUT2D eigenvalue weighted by Crippen LogP contribution is 2.36. The number of aliphatic carboxylic acids is 1. The molecule has 0 saturated heterocycles. The zero-order valence-corrected chi connectivity index (χ0v) is 21.5. The average molecular weight is 473 g/mol. The Morgan fingerprint density at radius 1 is 0.879 bits per heavy atom. The largest absolute Gasteiger partial charge is 0.479 e. The van der Waals surface area contributed by atoms with Crippen molar-refractivity contribution in [2.45, 2.75) is 64.7 Å². The van der Waals surface area contributed by atoms with Gasteiger partial charge in [-0.05, 0) is 36.2 Å². The predicted octanol–water partition coefficient (Wildman–Crippen LogP) is 3.76. The first-order chi connectivity index (χ1) is 15.4. The van der Waals surface area contributed by atoms with Crippen LogP contribution < -0.4 is 10.4 Å². The number of carbonyl (C=O) groups is 2. The summed E-state index contributed by atoms with van der Waals surface area (Å²) < 4.78 is 17.3. The summed E-state index contributed by atoms with van der Waals surface area (Å²) in [7, 11) is -2.77. The second-order valence-electron chi connectivity index (χ2n) is 10.0. The lowest BCUT2D eigenvalue weighted by Crippen LogP contribution is -2.66. The van der Waals surface area contributed by atoms with E-state index in [1.165, 1.54) is 0 Å². The molecule has 0 fully saturated rings. The van der Waals surface area contributed by atoms with E-state index in [4.69, 9.17) is 13.9 Å². The predicted molar refractivity (Wildman–Crippen MR) is 131 cm³/mol. The summed E-state index contributed by atoms with van der Waals surface area (Å²) in [4.78, 5) is 23.7. The highest BCUT2D eigenvalue weighted by atomic mass is 28.4. The molecule has 0 spiro atoms. The Hall–Kier alpha value is -2.48. The number of carboxylic acid groups (broad SMARTS) is 1. The molecule has 0 saturated carbocycles. The van der Waals surface area contributed by atoms with Crippen LogP contribution in [0.15, 0.2) is 60.7 Å². The van der Waals surface area contributed by atoms with Crippen molar-refractivity contribution in [1.29, 1.82) is 0 Å². The van der Waals surface area contributed by atoms with Crippen LogP contribution in [0, 0.1) is 0 Å². The van der Waals surface area contributed by atoms with E-state index >= 15 is 0 Å². The molecule has 0 amide bonds. The van der Waals surface area contributed by atoms with Crippen LogP contribution in [0.1, 0.15) is 48.0 Å². The van der Waals surface area contributed by atoms with E-state index in [1.54, 1.807) is 20.8 Å². The van der Waals surface area contributed by atoms with Crippen molar-refractivity contribution in [1.82, 2.24) is 0 Å². The SMILES string of the molecule is CC(C)(C)OC(=O)COC(CCO[Si](c1ccccc1)(c1ccccc1)C(C)(C)C)C(=O)O. The highest BCUT2D eigenvalue weighted by molar-refractivity contribution is 6.99. The number of hydrogen-bond donors (Lipinski definition) is 1. The normalized spacial score (nSPS) is 13.4. The smallest absolute Gasteiger partial charge is 0.332 e. The number of benzene rings is 2. The maximum absolute atomic E-state index is 12.0. The molecular formula is C26H36O6Si. The van der Waals surface area contributed by atoms with Crippen LogP contribution in [0.25, 0.3) is 0 Å². The standard InChI is InChI=1S/C26H36O6Si/c1-25(2,3)32-23(27)19-30-22(24(28)29)17-18-31-33(26(4,5)6,20-13-9-7-10-14-20)21-15-11-8-12-16-21/h7-16,22H,17-19H2,1-6H3,(H,28,29). The van der Waals surface area contributed by atoms with Crippen LogP contribution in [0.5, 0.6) is 0 Å². The van der Waals surface area contributed by atoms with Gasteiger partial charge in [0.2, 0.25) is 0 Å². The molecule has 7 heteroatoms. The van der Waals surface area contributed by atoms with Gasteiger partial charge in [0.25, 0.3) is 8.32 Å². The van der Waals surface area contributed by atoms with E-state index in [0.29, 0.717) is 0 Å². The van der Waals surface area contributed by atoms with E-state index in [9.17, 15) is 14.7 Å². The summed E-state index contributed by atoms with van der Waals surface area (Å²) in [6, 6.07) is 20.3. The van der Waals surface area contributed by atoms with Gasteiger partial charge in [0, 0.05) is 13.0 Å².